The second-order valence-electron chi connectivity index (χ2n) is 5.28. The second kappa shape index (κ2) is 7.19. The van der Waals surface area contributed by atoms with Crippen LogP contribution < -0.4 is 4.72 Å². The summed E-state index contributed by atoms with van der Waals surface area (Å²) in [5.41, 5.74) is 0.526. The van der Waals surface area contributed by atoms with Crippen molar-refractivity contribution in [3.63, 3.8) is 0 Å². The van der Waals surface area contributed by atoms with Crippen molar-refractivity contribution in [3.8, 4) is 0 Å². The number of para-hydroxylation sites is 1. The van der Waals surface area contributed by atoms with E-state index in [2.05, 4.69) is 4.72 Å². The lowest BCUT2D eigenvalue weighted by atomic mass is 10.1. The number of hydrogen-bond acceptors (Lipinski definition) is 3. The van der Waals surface area contributed by atoms with Gasteiger partial charge in [0, 0.05) is 24.2 Å². The molecule has 2 rings (SSSR count). The monoisotopic (exact) mass is 370 g/mol. The number of amides is 1. The van der Waals surface area contributed by atoms with Crippen LogP contribution in [0.4, 0.5) is 10.1 Å². The van der Waals surface area contributed by atoms with Gasteiger partial charge in [0.1, 0.15) is 5.82 Å². The van der Waals surface area contributed by atoms with Gasteiger partial charge in [-0.2, -0.15) is 0 Å². The summed E-state index contributed by atoms with van der Waals surface area (Å²) in [7, 11) is -2.04. The zero-order chi connectivity index (χ0) is 17.9. The molecule has 0 spiro atoms. The number of rotatable bonds is 5. The van der Waals surface area contributed by atoms with Crippen LogP contribution in [0.15, 0.2) is 42.5 Å². The summed E-state index contributed by atoms with van der Waals surface area (Å²) < 4.78 is 39.0. The highest BCUT2D eigenvalue weighted by atomic mass is 35.5. The fourth-order valence-corrected chi connectivity index (χ4v) is 2.96. The topological polar surface area (TPSA) is 66.5 Å². The molecule has 1 amide bonds. The van der Waals surface area contributed by atoms with Crippen LogP contribution in [0.2, 0.25) is 5.02 Å². The predicted octanol–water partition coefficient (Wildman–Crippen LogP) is 3.12. The van der Waals surface area contributed by atoms with E-state index in [9.17, 15) is 17.6 Å². The van der Waals surface area contributed by atoms with E-state index in [0.717, 1.165) is 6.26 Å². The highest BCUT2D eigenvalue weighted by molar-refractivity contribution is 7.92. The Kier molecular flexibility index (Phi) is 5.46. The SMILES string of the molecule is CN(Cc1c(F)cccc1Cl)C(=O)c1ccccc1NS(C)(=O)=O. The zero-order valence-corrected chi connectivity index (χ0v) is 14.7. The molecule has 0 saturated carbocycles. The van der Waals surface area contributed by atoms with Crippen LogP contribution in [-0.2, 0) is 16.6 Å². The minimum atomic E-state index is -3.53. The molecule has 0 aliphatic carbocycles. The van der Waals surface area contributed by atoms with Crippen LogP contribution >= 0.6 is 11.6 Å². The molecule has 0 fully saturated rings. The fourth-order valence-electron chi connectivity index (χ4n) is 2.16. The first-order valence-electron chi connectivity index (χ1n) is 6.94. The average molecular weight is 371 g/mol. The number of carbonyl (C=O) groups excluding carboxylic acids is 1. The summed E-state index contributed by atoms with van der Waals surface area (Å²) in [6, 6.07) is 10.5. The van der Waals surface area contributed by atoms with Gasteiger partial charge in [-0.15, -0.1) is 0 Å². The van der Waals surface area contributed by atoms with Crippen molar-refractivity contribution in [1.29, 1.82) is 0 Å². The summed E-state index contributed by atoms with van der Waals surface area (Å²) in [6.45, 7) is -0.0441. The van der Waals surface area contributed by atoms with Crippen molar-refractivity contribution >= 4 is 33.2 Å². The van der Waals surface area contributed by atoms with E-state index in [1.54, 1.807) is 12.1 Å². The fraction of sp³-hybridized carbons (Fsp3) is 0.188. The third-order valence-corrected chi connectivity index (χ3v) is 4.20. The summed E-state index contributed by atoms with van der Waals surface area (Å²) in [4.78, 5) is 13.9. The van der Waals surface area contributed by atoms with Gasteiger partial charge in [0.2, 0.25) is 10.0 Å². The maximum Gasteiger partial charge on any atom is 0.256 e. The van der Waals surface area contributed by atoms with Crippen molar-refractivity contribution < 1.29 is 17.6 Å². The Balaban J connectivity index is 2.29. The Morgan fingerprint density at radius 1 is 1.21 bits per heavy atom. The molecule has 0 heterocycles. The van der Waals surface area contributed by atoms with Crippen molar-refractivity contribution in [2.24, 2.45) is 0 Å². The molecular formula is C16H16ClFN2O3S. The molecule has 2 aromatic carbocycles. The molecule has 0 saturated heterocycles. The van der Waals surface area contributed by atoms with E-state index in [4.69, 9.17) is 11.6 Å². The number of benzene rings is 2. The van der Waals surface area contributed by atoms with Gasteiger partial charge in [-0.05, 0) is 24.3 Å². The number of hydrogen-bond donors (Lipinski definition) is 1. The molecule has 0 bridgehead atoms. The first kappa shape index (κ1) is 18.2. The Bertz CT molecular complexity index is 851. The van der Waals surface area contributed by atoms with E-state index in [-0.39, 0.29) is 28.4 Å². The quantitative estimate of drug-likeness (QED) is 0.879. The van der Waals surface area contributed by atoms with Crippen LogP contribution in [0.25, 0.3) is 0 Å². The number of sulfonamides is 1. The lowest BCUT2D eigenvalue weighted by Gasteiger charge is -2.20. The van der Waals surface area contributed by atoms with Crippen LogP contribution in [0.1, 0.15) is 15.9 Å². The first-order chi connectivity index (χ1) is 11.2. The molecule has 24 heavy (non-hydrogen) atoms. The lowest BCUT2D eigenvalue weighted by molar-refractivity contribution is 0.0785. The number of halogens is 2. The van der Waals surface area contributed by atoms with E-state index >= 15 is 0 Å². The van der Waals surface area contributed by atoms with E-state index in [1.807, 2.05) is 0 Å². The Hall–Kier alpha value is -2.12. The van der Waals surface area contributed by atoms with Gasteiger partial charge in [-0.3, -0.25) is 9.52 Å². The molecule has 0 aliphatic rings. The van der Waals surface area contributed by atoms with Gasteiger partial charge >= 0.3 is 0 Å². The summed E-state index contributed by atoms with van der Waals surface area (Å²) in [5, 5.41) is 0.220. The number of nitrogens with zero attached hydrogens (tertiary/aromatic N) is 1. The summed E-state index contributed by atoms with van der Waals surface area (Å²) >= 11 is 5.97. The lowest BCUT2D eigenvalue weighted by Crippen LogP contribution is -2.28. The van der Waals surface area contributed by atoms with Crippen LogP contribution in [0.5, 0.6) is 0 Å². The average Bonchev–Trinajstić information content (AvgIpc) is 2.49. The molecule has 128 valence electrons. The molecule has 1 N–H and O–H groups in total. The molecule has 0 atom stereocenters. The predicted molar refractivity (Wildman–Crippen MR) is 92.1 cm³/mol. The van der Waals surface area contributed by atoms with Crippen molar-refractivity contribution in [2.75, 3.05) is 18.0 Å². The number of anilines is 1. The Morgan fingerprint density at radius 3 is 2.50 bits per heavy atom. The molecule has 0 radical (unpaired) electrons. The van der Waals surface area contributed by atoms with Gasteiger partial charge in [0.25, 0.3) is 5.91 Å². The number of carbonyl (C=O) groups is 1. The minimum absolute atomic E-state index is 0.0441. The number of nitrogens with one attached hydrogen (secondary N) is 1. The molecule has 2 aromatic rings. The van der Waals surface area contributed by atoms with Crippen LogP contribution in [0.3, 0.4) is 0 Å². The normalized spacial score (nSPS) is 11.2. The highest BCUT2D eigenvalue weighted by Crippen LogP contribution is 2.23. The first-order valence-corrected chi connectivity index (χ1v) is 9.21. The standard InChI is InChI=1S/C16H16ClFN2O3S/c1-20(10-12-13(17)7-5-8-14(12)18)16(21)11-6-3-4-9-15(11)19-24(2,22)23/h3-9,19H,10H2,1-2H3. The Morgan fingerprint density at radius 2 is 1.88 bits per heavy atom. The van der Waals surface area contributed by atoms with E-state index in [0.29, 0.717) is 0 Å². The molecule has 8 heteroatoms. The van der Waals surface area contributed by atoms with Gasteiger partial charge in [0.15, 0.2) is 0 Å². The Labute approximate surface area is 145 Å². The molecule has 0 aromatic heterocycles. The molecule has 0 unspecified atom stereocenters. The van der Waals surface area contributed by atoms with Crippen molar-refractivity contribution in [2.45, 2.75) is 6.54 Å². The third-order valence-electron chi connectivity index (χ3n) is 3.26. The zero-order valence-electron chi connectivity index (χ0n) is 13.1. The molecule has 5 nitrogen and oxygen atoms in total. The smallest absolute Gasteiger partial charge is 0.256 e. The van der Waals surface area contributed by atoms with Crippen LogP contribution in [0, 0.1) is 5.82 Å². The van der Waals surface area contributed by atoms with Crippen molar-refractivity contribution in [3.05, 3.63) is 64.4 Å². The van der Waals surface area contributed by atoms with E-state index < -0.39 is 21.7 Å². The minimum Gasteiger partial charge on any atom is -0.337 e. The summed E-state index contributed by atoms with van der Waals surface area (Å²) in [5.74, 6) is -0.967. The molecule has 0 aliphatic heterocycles. The largest absolute Gasteiger partial charge is 0.337 e. The van der Waals surface area contributed by atoms with E-state index in [1.165, 1.54) is 42.3 Å². The second-order valence-corrected chi connectivity index (χ2v) is 7.44. The third kappa shape index (κ3) is 4.46. The van der Waals surface area contributed by atoms with Crippen LogP contribution in [-0.4, -0.2) is 32.5 Å². The summed E-state index contributed by atoms with van der Waals surface area (Å²) in [6.07, 6.45) is 0.997. The highest BCUT2D eigenvalue weighted by Gasteiger charge is 2.19. The van der Waals surface area contributed by atoms with Gasteiger partial charge in [-0.25, -0.2) is 12.8 Å². The maximum absolute atomic E-state index is 13.9. The maximum atomic E-state index is 13.9. The van der Waals surface area contributed by atoms with Gasteiger partial charge in [-0.1, -0.05) is 29.8 Å². The molecular weight excluding hydrogens is 355 g/mol. The van der Waals surface area contributed by atoms with Gasteiger partial charge < -0.3 is 4.90 Å². The van der Waals surface area contributed by atoms with Gasteiger partial charge in [0.05, 0.1) is 17.5 Å². The van der Waals surface area contributed by atoms with Crippen molar-refractivity contribution in [1.82, 2.24) is 4.90 Å².